The average Bonchev–Trinajstić information content (AvgIpc) is 3.28. The number of carbonyl (C=O) groups excluding carboxylic acids is 3. The molecule has 29 heavy (non-hydrogen) atoms. The van der Waals surface area contributed by atoms with Crippen molar-refractivity contribution in [3.05, 3.63) is 47.2 Å². The lowest BCUT2D eigenvalue weighted by atomic mass is 10.1. The summed E-state index contributed by atoms with van der Waals surface area (Å²) in [6, 6.07) is 8.04. The number of carbonyl (C=O) groups is 3. The summed E-state index contributed by atoms with van der Waals surface area (Å²) in [5.74, 6) is -1.06. The van der Waals surface area contributed by atoms with Crippen molar-refractivity contribution in [1.82, 2.24) is 10.2 Å². The first-order valence-electron chi connectivity index (χ1n) is 9.22. The van der Waals surface area contributed by atoms with E-state index in [1.807, 2.05) is 0 Å². The first kappa shape index (κ1) is 20.2. The summed E-state index contributed by atoms with van der Waals surface area (Å²) in [5.41, 5.74) is 1.52. The molecule has 152 valence electrons. The average molecular weight is 398 g/mol. The summed E-state index contributed by atoms with van der Waals surface area (Å²) in [6.45, 7) is 3.14. The third-order valence-electron chi connectivity index (χ3n) is 4.56. The first-order chi connectivity index (χ1) is 14.0. The second-order valence-corrected chi connectivity index (χ2v) is 6.62. The fourth-order valence-electron chi connectivity index (χ4n) is 2.94. The van der Waals surface area contributed by atoms with Crippen LogP contribution < -0.4 is 10.2 Å². The lowest BCUT2D eigenvalue weighted by Crippen LogP contribution is -2.23. The predicted molar refractivity (Wildman–Crippen MR) is 105 cm³/mol. The van der Waals surface area contributed by atoms with E-state index in [-0.39, 0.29) is 5.69 Å². The SMILES string of the molecule is COC(=O)c1ccc(C)c(NC(=O)COC(=O)c2ccc(N3CCCC3)nn2)c1. The van der Waals surface area contributed by atoms with E-state index in [1.54, 1.807) is 25.1 Å². The van der Waals surface area contributed by atoms with Gasteiger partial charge in [-0.2, -0.15) is 0 Å². The zero-order valence-electron chi connectivity index (χ0n) is 16.3. The highest BCUT2D eigenvalue weighted by molar-refractivity contribution is 5.97. The maximum absolute atomic E-state index is 12.1. The van der Waals surface area contributed by atoms with Crippen molar-refractivity contribution in [2.75, 3.05) is 37.0 Å². The highest BCUT2D eigenvalue weighted by Crippen LogP contribution is 2.18. The molecule has 0 aliphatic carbocycles. The molecule has 0 saturated carbocycles. The molecule has 2 aromatic rings. The van der Waals surface area contributed by atoms with Gasteiger partial charge >= 0.3 is 11.9 Å². The highest BCUT2D eigenvalue weighted by atomic mass is 16.5. The van der Waals surface area contributed by atoms with Crippen LogP contribution in [0.3, 0.4) is 0 Å². The third kappa shape index (κ3) is 5.07. The van der Waals surface area contributed by atoms with Gasteiger partial charge in [-0.1, -0.05) is 6.07 Å². The van der Waals surface area contributed by atoms with Crippen LogP contribution in [0.2, 0.25) is 0 Å². The molecule has 0 bridgehead atoms. The largest absolute Gasteiger partial charge is 0.465 e. The number of nitrogens with zero attached hydrogens (tertiary/aromatic N) is 3. The van der Waals surface area contributed by atoms with Crippen LogP contribution in [-0.2, 0) is 14.3 Å². The van der Waals surface area contributed by atoms with Gasteiger partial charge in [0.25, 0.3) is 5.91 Å². The molecule has 2 heterocycles. The quantitative estimate of drug-likeness (QED) is 0.736. The predicted octanol–water partition coefficient (Wildman–Crippen LogP) is 1.97. The number of amides is 1. The van der Waals surface area contributed by atoms with Crippen LogP contribution in [0.5, 0.6) is 0 Å². The van der Waals surface area contributed by atoms with Crippen LogP contribution in [-0.4, -0.2) is 54.8 Å². The zero-order chi connectivity index (χ0) is 20.8. The molecule has 0 radical (unpaired) electrons. The topological polar surface area (TPSA) is 111 Å². The van der Waals surface area contributed by atoms with Gasteiger partial charge in [0.2, 0.25) is 0 Å². The number of methoxy groups -OCH3 is 1. The molecule has 9 heteroatoms. The Morgan fingerprint density at radius 1 is 1.07 bits per heavy atom. The van der Waals surface area contributed by atoms with Crippen LogP contribution in [0.15, 0.2) is 30.3 Å². The lowest BCUT2D eigenvalue weighted by molar-refractivity contribution is -0.119. The van der Waals surface area contributed by atoms with Crippen LogP contribution in [0.4, 0.5) is 11.5 Å². The normalized spacial score (nSPS) is 13.1. The molecule has 1 aromatic carbocycles. The van der Waals surface area contributed by atoms with Crippen LogP contribution >= 0.6 is 0 Å². The summed E-state index contributed by atoms with van der Waals surface area (Å²) < 4.78 is 9.68. The Morgan fingerprint density at radius 2 is 1.83 bits per heavy atom. The van der Waals surface area contributed by atoms with Crippen molar-refractivity contribution >= 4 is 29.4 Å². The van der Waals surface area contributed by atoms with Crippen molar-refractivity contribution in [3.63, 3.8) is 0 Å². The van der Waals surface area contributed by atoms with Crippen LogP contribution in [0.25, 0.3) is 0 Å². The maximum atomic E-state index is 12.1. The summed E-state index contributed by atoms with van der Waals surface area (Å²) in [6.07, 6.45) is 2.23. The minimum atomic E-state index is -0.736. The minimum absolute atomic E-state index is 0.0321. The van der Waals surface area contributed by atoms with Crippen molar-refractivity contribution in [2.45, 2.75) is 19.8 Å². The van der Waals surface area contributed by atoms with E-state index in [2.05, 4.69) is 25.2 Å². The number of nitrogens with one attached hydrogen (secondary N) is 1. The van der Waals surface area contributed by atoms with E-state index in [1.165, 1.54) is 19.2 Å². The lowest BCUT2D eigenvalue weighted by Gasteiger charge is -2.15. The Bertz CT molecular complexity index is 908. The summed E-state index contributed by atoms with van der Waals surface area (Å²) in [7, 11) is 1.28. The second kappa shape index (κ2) is 9.13. The fourth-order valence-corrected chi connectivity index (χ4v) is 2.94. The Hall–Kier alpha value is -3.49. The van der Waals surface area contributed by atoms with Gasteiger partial charge in [0.15, 0.2) is 18.1 Å². The van der Waals surface area contributed by atoms with Gasteiger partial charge in [-0.05, 0) is 49.6 Å². The molecule has 1 saturated heterocycles. The van der Waals surface area contributed by atoms with Crippen molar-refractivity contribution < 1.29 is 23.9 Å². The van der Waals surface area contributed by atoms with Gasteiger partial charge < -0.3 is 19.7 Å². The molecular weight excluding hydrogens is 376 g/mol. The Balaban J connectivity index is 1.55. The standard InChI is InChI=1S/C20H22N4O5/c1-13-5-6-14(19(26)28-2)11-16(13)21-18(25)12-29-20(27)15-7-8-17(23-22-15)24-9-3-4-10-24/h5-8,11H,3-4,9-10,12H2,1-2H3,(H,21,25). The van der Waals surface area contributed by atoms with E-state index < -0.39 is 24.5 Å². The molecule has 1 N–H and O–H groups in total. The Morgan fingerprint density at radius 3 is 2.48 bits per heavy atom. The molecule has 1 aliphatic heterocycles. The number of hydrogen-bond donors (Lipinski definition) is 1. The molecule has 1 aromatic heterocycles. The molecular formula is C20H22N4O5. The number of esters is 2. The van der Waals surface area contributed by atoms with Gasteiger partial charge in [0, 0.05) is 18.8 Å². The smallest absolute Gasteiger partial charge is 0.359 e. The summed E-state index contributed by atoms with van der Waals surface area (Å²) >= 11 is 0. The number of aryl methyl sites for hydroxylation is 1. The van der Waals surface area contributed by atoms with Crippen LogP contribution in [0, 0.1) is 6.92 Å². The van der Waals surface area contributed by atoms with E-state index in [0.717, 1.165) is 37.3 Å². The van der Waals surface area contributed by atoms with Crippen molar-refractivity contribution in [1.29, 1.82) is 0 Å². The number of hydrogen-bond acceptors (Lipinski definition) is 8. The summed E-state index contributed by atoms with van der Waals surface area (Å²) in [4.78, 5) is 38.0. The van der Waals surface area contributed by atoms with E-state index >= 15 is 0 Å². The van der Waals surface area contributed by atoms with Crippen LogP contribution in [0.1, 0.15) is 39.3 Å². The Kier molecular flexibility index (Phi) is 6.38. The molecule has 3 rings (SSSR count). The second-order valence-electron chi connectivity index (χ2n) is 6.62. The first-order valence-corrected chi connectivity index (χ1v) is 9.22. The van der Waals surface area contributed by atoms with Crippen molar-refractivity contribution in [2.24, 2.45) is 0 Å². The van der Waals surface area contributed by atoms with E-state index in [4.69, 9.17) is 4.74 Å². The van der Waals surface area contributed by atoms with Gasteiger partial charge in [0.05, 0.1) is 12.7 Å². The molecule has 1 amide bonds. The highest BCUT2D eigenvalue weighted by Gasteiger charge is 2.17. The molecule has 0 atom stereocenters. The van der Waals surface area contributed by atoms with E-state index in [9.17, 15) is 14.4 Å². The third-order valence-corrected chi connectivity index (χ3v) is 4.56. The molecule has 1 fully saturated rings. The molecule has 0 spiro atoms. The van der Waals surface area contributed by atoms with Gasteiger partial charge in [0.1, 0.15) is 0 Å². The van der Waals surface area contributed by atoms with Crippen molar-refractivity contribution in [3.8, 4) is 0 Å². The van der Waals surface area contributed by atoms with Gasteiger partial charge in [-0.15, -0.1) is 10.2 Å². The number of benzene rings is 1. The van der Waals surface area contributed by atoms with Gasteiger partial charge in [-0.3, -0.25) is 4.79 Å². The van der Waals surface area contributed by atoms with E-state index in [0.29, 0.717) is 11.3 Å². The molecule has 9 nitrogen and oxygen atoms in total. The summed E-state index contributed by atoms with van der Waals surface area (Å²) in [5, 5.41) is 10.6. The molecule has 0 unspecified atom stereocenters. The zero-order valence-corrected chi connectivity index (χ0v) is 16.3. The monoisotopic (exact) mass is 398 g/mol. The minimum Gasteiger partial charge on any atom is -0.465 e. The number of ether oxygens (including phenoxy) is 2. The van der Waals surface area contributed by atoms with Gasteiger partial charge in [-0.25, -0.2) is 9.59 Å². The fraction of sp³-hybridized carbons (Fsp3) is 0.350. The number of aromatic nitrogens is 2. The molecule has 1 aliphatic rings. The Labute approximate surface area is 168 Å². The number of anilines is 2. The number of rotatable bonds is 6. The maximum Gasteiger partial charge on any atom is 0.359 e.